The summed E-state index contributed by atoms with van der Waals surface area (Å²) in [6.07, 6.45) is 1.48. The summed E-state index contributed by atoms with van der Waals surface area (Å²) in [6, 6.07) is 11.1. The fourth-order valence-electron chi connectivity index (χ4n) is 3.53. The van der Waals surface area contributed by atoms with Gasteiger partial charge < -0.3 is 15.8 Å². The predicted molar refractivity (Wildman–Crippen MR) is 100 cm³/mol. The number of nitrogens with one attached hydrogen (secondary N) is 1. The van der Waals surface area contributed by atoms with Crippen LogP contribution in [0.4, 0.5) is 8.78 Å². The van der Waals surface area contributed by atoms with Crippen molar-refractivity contribution >= 4 is 11.8 Å². The van der Waals surface area contributed by atoms with Crippen LogP contribution in [-0.2, 0) is 20.7 Å². The molecular formula is C21H22F2N2O3. The predicted octanol–water partition coefficient (Wildman–Crippen LogP) is 2.57. The van der Waals surface area contributed by atoms with Crippen molar-refractivity contribution in [2.24, 2.45) is 11.1 Å². The molecule has 1 heterocycles. The summed E-state index contributed by atoms with van der Waals surface area (Å²) in [5.41, 5.74) is 6.60. The third-order valence-corrected chi connectivity index (χ3v) is 5.08. The highest BCUT2D eigenvalue weighted by atomic mass is 19.2. The van der Waals surface area contributed by atoms with Crippen LogP contribution in [0.3, 0.4) is 0 Å². The van der Waals surface area contributed by atoms with Crippen LogP contribution in [0, 0.1) is 17.0 Å². The summed E-state index contributed by atoms with van der Waals surface area (Å²) in [5.74, 6) is -2.63. The van der Waals surface area contributed by atoms with E-state index < -0.39 is 23.0 Å². The highest BCUT2D eigenvalue weighted by Crippen LogP contribution is 2.35. The SMILES string of the molecule is NC(=O)CNC(=O)C1(Cc2cccc(-c3ccc(F)c(F)c3)c2)CCOCC1. The summed E-state index contributed by atoms with van der Waals surface area (Å²) < 4.78 is 32.2. The Morgan fingerprint density at radius 2 is 1.75 bits per heavy atom. The Kier molecular flexibility index (Phi) is 6.04. The molecule has 0 radical (unpaired) electrons. The molecule has 0 aromatic heterocycles. The summed E-state index contributed by atoms with van der Waals surface area (Å²) in [7, 11) is 0. The lowest BCUT2D eigenvalue weighted by Crippen LogP contribution is -2.48. The van der Waals surface area contributed by atoms with Crippen LogP contribution >= 0.6 is 0 Å². The number of benzene rings is 2. The highest BCUT2D eigenvalue weighted by Gasteiger charge is 2.40. The minimum absolute atomic E-state index is 0.212. The van der Waals surface area contributed by atoms with Crippen LogP contribution in [-0.4, -0.2) is 31.6 Å². The monoisotopic (exact) mass is 388 g/mol. The molecule has 2 amide bonds. The van der Waals surface area contributed by atoms with E-state index >= 15 is 0 Å². The number of ether oxygens (including phenoxy) is 1. The van der Waals surface area contributed by atoms with E-state index in [1.165, 1.54) is 6.07 Å². The second-order valence-corrected chi connectivity index (χ2v) is 7.05. The van der Waals surface area contributed by atoms with E-state index in [0.717, 1.165) is 23.3 Å². The number of nitrogens with two attached hydrogens (primary N) is 1. The molecule has 148 valence electrons. The molecule has 2 aromatic rings. The highest BCUT2D eigenvalue weighted by molar-refractivity contribution is 5.87. The van der Waals surface area contributed by atoms with E-state index in [1.807, 2.05) is 18.2 Å². The summed E-state index contributed by atoms with van der Waals surface area (Å²) >= 11 is 0. The Morgan fingerprint density at radius 3 is 2.43 bits per heavy atom. The van der Waals surface area contributed by atoms with Gasteiger partial charge in [-0.1, -0.05) is 30.3 Å². The number of carbonyl (C=O) groups is 2. The minimum atomic E-state index is -0.908. The van der Waals surface area contributed by atoms with Gasteiger partial charge in [0.25, 0.3) is 0 Å². The quantitative estimate of drug-likeness (QED) is 0.798. The number of rotatable bonds is 6. The largest absolute Gasteiger partial charge is 0.381 e. The van der Waals surface area contributed by atoms with Gasteiger partial charge in [0.1, 0.15) is 0 Å². The Labute approximate surface area is 161 Å². The molecule has 0 bridgehead atoms. The first-order valence-corrected chi connectivity index (χ1v) is 9.08. The topological polar surface area (TPSA) is 81.4 Å². The minimum Gasteiger partial charge on any atom is -0.381 e. The van der Waals surface area contributed by atoms with Gasteiger partial charge in [-0.05, 0) is 48.1 Å². The molecule has 3 rings (SSSR count). The second kappa shape index (κ2) is 8.48. The van der Waals surface area contributed by atoms with Crippen molar-refractivity contribution in [1.29, 1.82) is 0 Å². The molecule has 0 atom stereocenters. The van der Waals surface area contributed by atoms with E-state index in [1.54, 1.807) is 6.07 Å². The molecule has 1 fully saturated rings. The van der Waals surface area contributed by atoms with Crippen molar-refractivity contribution < 1.29 is 23.1 Å². The van der Waals surface area contributed by atoms with Gasteiger partial charge in [0.15, 0.2) is 11.6 Å². The van der Waals surface area contributed by atoms with Gasteiger partial charge in [-0.25, -0.2) is 8.78 Å². The standard InChI is InChI=1S/C21H22F2N2O3/c22-17-5-4-16(11-18(17)23)15-3-1-2-14(10-15)12-21(6-8-28-9-7-21)20(27)25-13-19(24)26/h1-5,10-11H,6-9,12-13H2,(H2,24,26)(H,25,27). The normalized spacial score (nSPS) is 15.8. The van der Waals surface area contributed by atoms with Crippen molar-refractivity contribution in [3.63, 3.8) is 0 Å². The van der Waals surface area contributed by atoms with Crippen LogP contribution in [0.15, 0.2) is 42.5 Å². The average Bonchev–Trinajstić information content (AvgIpc) is 2.69. The van der Waals surface area contributed by atoms with Crippen molar-refractivity contribution in [2.45, 2.75) is 19.3 Å². The number of carbonyl (C=O) groups excluding carboxylic acids is 2. The fourth-order valence-corrected chi connectivity index (χ4v) is 3.53. The van der Waals surface area contributed by atoms with Crippen LogP contribution in [0.5, 0.6) is 0 Å². The van der Waals surface area contributed by atoms with E-state index in [-0.39, 0.29) is 12.5 Å². The van der Waals surface area contributed by atoms with Gasteiger partial charge in [0.05, 0.1) is 12.0 Å². The van der Waals surface area contributed by atoms with Crippen LogP contribution in [0.25, 0.3) is 11.1 Å². The summed E-state index contributed by atoms with van der Waals surface area (Å²) in [5, 5.41) is 2.61. The zero-order chi connectivity index (χ0) is 20.1. The zero-order valence-corrected chi connectivity index (χ0v) is 15.3. The molecule has 7 heteroatoms. The van der Waals surface area contributed by atoms with Gasteiger partial charge in [-0.3, -0.25) is 9.59 Å². The Balaban J connectivity index is 1.85. The fraction of sp³-hybridized carbons (Fsp3) is 0.333. The van der Waals surface area contributed by atoms with Crippen LogP contribution in [0.2, 0.25) is 0 Å². The number of amides is 2. The van der Waals surface area contributed by atoms with Crippen molar-refractivity contribution in [3.8, 4) is 11.1 Å². The number of halogens is 2. The molecule has 0 saturated carbocycles. The Bertz CT molecular complexity index is 880. The van der Waals surface area contributed by atoms with Gasteiger partial charge >= 0.3 is 0 Å². The molecule has 1 aliphatic rings. The first-order valence-electron chi connectivity index (χ1n) is 9.08. The van der Waals surface area contributed by atoms with E-state index in [2.05, 4.69) is 5.32 Å². The van der Waals surface area contributed by atoms with Crippen molar-refractivity contribution in [3.05, 3.63) is 59.7 Å². The third-order valence-electron chi connectivity index (χ3n) is 5.08. The lowest BCUT2D eigenvalue weighted by Gasteiger charge is -2.36. The van der Waals surface area contributed by atoms with Crippen molar-refractivity contribution in [2.75, 3.05) is 19.8 Å². The second-order valence-electron chi connectivity index (χ2n) is 7.05. The number of hydrogen-bond acceptors (Lipinski definition) is 3. The molecular weight excluding hydrogens is 366 g/mol. The molecule has 0 aliphatic carbocycles. The first-order chi connectivity index (χ1) is 13.4. The molecule has 2 aromatic carbocycles. The Hall–Kier alpha value is -2.80. The van der Waals surface area contributed by atoms with Gasteiger partial charge in [0.2, 0.25) is 11.8 Å². The van der Waals surface area contributed by atoms with Gasteiger partial charge in [-0.2, -0.15) is 0 Å². The lowest BCUT2D eigenvalue weighted by molar-refractivity contribution is -0.137. The van der Waals surface area contributed by atoms with E-state index in [4.69, 9.17) is 10.5 Å². The lowest BCUT2D eigenvalue weighted by atomic mass is 9.74. The number of hydrogen-bond donors (Lipinski definition) is 2. The van der Waals surface area contributed by atoms with E-state index in [0.29, 0.717) is 38.0 Å². The maximum Gasteiger partial charge on any atom is 0.236 e. The molecule has 0 spiro atoms. The average molecular weight is 388 g/mol. The number of primary amides is 1. The molecule has 1 aliphatic heterocycles. The van der Waals surface area contributed by atoms with E-state index in [9.17, 15) is 18.4 Å². The smallest absolute Gasteiger partial charge is 0.236 e. The molecule has 5 nitrogen and oxygen atoms in total. The van der Waals surface area contributed by atoms with Crippen molar-refractivity contribution in [1.82, 2.24) is 5.32 Å². The maximum absolute atomic E-state index is 13.6. The molecule has 28 heavy (non-hydrogen) atoms. The molecule has 3 N–H and O–H groups in total. The van der Waals surface area contributed by atoms with Gasteiger partial charge in [-0.15, -0.1) is 0 Å². The first kappa shape index (κ1) is 19.9. The van der Waals surface area contributed by atoms with Gasteiger partial charge in [0, 0.05) is 13.2 Å². The molecule has 0 unspecified atom stereocenters. The Morgan fingerprint density at radius 1 is 1.04 bits per heavy atom. The summed E-state index contributed by atoms with van der Waals surface area (Å²) in [6.45, 7) is 0.691. The zero-order valence-electron chi connectivity index (χ0n) is 15.3. The third kappa shape index (κ3) is 4.54. The summed E-state index contributed by atoms with van der Waals surface area (Å²) in [4.78, 5) is 23.8. The van der Waals surface area contributed by atoms with Crippen LogP contribution < -0.4 is 11.1 Å². The van der Waals surface area contributed by atoms with Crippen LogP contribution in [0.1, 0.15) is 18.4 Å². The maximum atomic E-state index is 13.6. The molecule has 1 saturated heterocycles.